The smallest absolute Gasteiger partial charge is 0.258 e. The van der Waals surface area contributed by atoms with E-state index in [0.29, 0.717) is 25.1 Å². The fourth-order valence-electron chi connectivity index (χ4n) is 3.86. The monoisotopic (exact) mass is 434 g/mol. The molecular weight excluding hydrogens is 408 g/mol. The predicted molar refractivity (Wildman–Crippen MR) is 123 cm³/mol. The average molecular weight is 435 g/mol. The zero-order chi connectivity index (χ0) is 21.8. The maximum atomic E-state index is 13.0. The van der Waals surface area contributed by atoms with Gasteiger partial charge in [0.1, 0.15) is 0 Å². The zero-order valence-corrected chi connectivity index (χ0v) is 18.4. The highest BCUT2D eigenvalue weighted by Crippen LogP contribution is 2.30. The molecule has 4 rings (SSSR count). The fraction of sp³-hybridized carbons (Fsp3) is 0.240. The number of hydrogen-bond acceptors (Lipinski definition) is 3. The third-order valence-electron chi connectivity index (χ3n) is 5.57. The number of carbonyl (C=O) groups excluding carboxylic acids is 1. The predicted octanol–water partition coefficient (Wildman–Crippen LogP) is 4.11. The molecule has 3 aromatic rings. The molecule has 0 atom stereocenters. The molecule has 0 spiro atoms. The van der Waals surface area contributed by atoms with E-state index in [1.54, 1.807) is 23.1 Å². The van der Waals surface area contributed by atoms with Gasteiger partial charge in [0.05, 0.1) is 4.90 Å². The van der Waals surface area contributed by atoms with E-state index in [1.165, 1.54) is 0 Å². The van der Waals surface area contributed by atoms with E-state index in [2.05, 4.69) is 4.72 Å². The molecule has 6 heteroatoms. The number of amides is 1. The van der Waals surface area contributed by atoms with Crippen molar-refractivity contribution in [2.24, 2.45) is 0 Å². The maximum Gasteiger partial charge on any atom is 0.258 e. The summed E-state index contributed by atoms with van der Waals surface area (Å²) < 4.78 is 28.3. The second kappa shape index (κ2) is 9.04. The van der Waals surface area contributed by atoms with E-state index < -0.39 is 10.0 Å². The van der Waals surface area contributed by atoms with Crippen LogP contribution < -0.4 is 9.62 Å². The number of benzene rings is 3. The lowest BCUT2D eigenvalue weighted by Crippen LogP contribution is -2.35. The van der Waals surface area contributed by atoms with Gasteiger partial charge in [-0.2, -0.15) is 0 Å². The van der Waals surface area contributed by atoms with E-state index in [-0.39, 0.29) is 10.8 Å². The van der Waals surface area contributed by atoms with Crippen LogP contribution in [-0.4, -0.2) is 27.4 Å². The van der Waals surface area contributed by atoms with Crippen LogP contribution in [0.3, 0.4) is 0 Å². The zero-order valence-electron chi connectivity index (χ0n) is 17.5. The van der Waals surface area contributed by atoms with Gasteiger partial charge in [0.25, 0.3) is 5.91 Å². The van der Waals surface area contributed by atoms with Gasteiger partial charge in [0, 0.05) is 24.3 Å². The Bertz CT molecular complexity index is 1170. The third kappa shape index (κ3) is 4.86. The molecule has 1 N–H and O–H groups in total. The van der Waals surface area contributed by atoms with Gasteiger partial charge in [-0.05, 0) is 67.6 Å². The van der Waals surface area contributed by atoms with Crippen molar-refractivity contribution < 1.29 is 13.2 Å². The van der Waals surface area contributed by atoms with Crippen LogP contribution in [0.4, 0.5) is 5.69 Å². The lowest BCUT2D eigenvalue weighted by Gasteiger charge is -2.30. The maximum absolute atomic E-state index is 13.0. The van der Waals surface area contributed by atoms with Crippen molar-refractivity contribution in [3.63, 3.8) is 0 Å². The van der Waals surface area contributed by atoms with Crippen molar-refractivity contribution >= 4 is 21.6 Å². The molecule has 1 aliphatic heterocycles. The van der Waals surface area contributed by atoms with Gasteiger partial charge in [-0.1, -0.05) is 48.0 Å². The van der Waals surface area contributed by atoms with Gasteiger partial charge >= 0.3 is 0 Å². The molecule has 0 aliphatic carbocycles. The van der Waals surface area contributed by atoms with Gasteiger partial charge in [-0.25, -0.2) is 13.1 Å². The Kier molecular flexibility index (Phi) is 6.20. The molecular formula is C25H26N2O3S. The minimum absolute atomic E-state index is 0.0578. The number of hydrogen-bond donors (Lipinski definition) is 1. The Hall–Kier alpha value is -2.96. The molecule has 160 valence electrons. The molecule has 1 heterocycles. The Labute approximate surface area is 183 Å². The van der Waals surface area contributed by atoms with Crippen LogP contribution in [-0.2, 0) is 22.9 Å². The van der Waals surface area contributed by atoms with Crippen LogP contribution in [0.5, 0.6) is 0 Å². The summed E-state index contributed by atoms with van der Waals surface area (Å²) in [5.41, 5.74) is 4.50. The van der Waals surface area contributed by atoms with Gasteiger partial charge < -0.3 is 4.90 Å². The summed E-state index contributed by atoms with van der Waals surface area (Å²) in [4.78, 5) is 15.0. The second-order valence-corrected chi connectivity index (χ2v) is 9.62. The lowest BCUT2D eigenvalue weighted by molar-refractivity contribution is 0.0985. The Balaban J connectivity index is 1.51. The normalized spacial score (nSPS) is 13.6. The summed E-state index contributed by atoms with van der Waals surface area (Å²) in [6.07, 6.45) is 2.18. The highest BCUT2D eigenvalue weighted by molar-refractivity contribution is 7.89. The molecule has 3 aromatic carbocycles. The fourth-order valence-corrected chi connectivity index (χ4v) is 4.94. The van der Waals surface area contributed by atoms with Crippen molar-refractivity contribution in [1.29, 1.82) is 0 Å². The lowest BCUT2D eigenvalue weighted by atomic mass is 10.0. The molecule has 1 aliphatic rings. The van der Waals surface area contributed by atoms with Crippen molar-refractivity contribution in [1.82, 2.24) is 4.72 Å². The van der Waals surface area contributed by atoms with Gasteiger partial charge in [-0.15, -0.1) is 0 Å². The SMILES string of the molecule is Cc1ccc(C(=O)N2CCCc3cc(S(=O)(=O)NCCc4ccccc4)ccc32)cc1. The van der Waals surface area contributed by atoms with E-state index in [1.807, 2.05) is 61.5 Å². The third-order valence-corrected chi connectivity index (χ3v) is 7.03. The number of nitrogens with zero attached hydrogens (tertiary/aromatic N) is 1. The summed E-state index contributed by atoms with van der Waals surface area (Å²) >= 11 is 0. The molecule has 31 heavy (non-hydrogen) atoms. The van der Waals surface area contributed by atoms with E-state index in [4.69, 9.17) is 0 Å². The van der Waals surface area contributed by atoms with Crippen molar-refractivity contribution in [3.8, 4) is 0 Å². The summed E-state index contributed by atoms with van der Waals surface area (Å²) in [5, 5.41) is 0. The first-order valence-corrected chi connectivity index (χ1v) is 12.0. The number of fused-ring (bicyclic) bond motifs is 1. The summed E-state index contributed by atoms with van der Waals surface area (Å²) in [7, 11) is -3.61. The second-order valence-electron chi connectivity index (χ2n) is 7.85. The summed E-state index contributed by atoms with van der Waals surface area (Å²) in [6, 6.07) is 22.3. The summed E-state index contributed by atoms with van der Waals surface area (Å²) in [6.45, 7) is 2.95. The largest absolute Gasteiger partial charge is 0.308 e. The van der Waals surface area contributed by atoms with Gasteiger partial charge in [-0.3, -0.25) is 4.79 Å². The number of aryl methyl sites for hydroxylation is 2. The van der Waals surface area contributed by atoms with Crippen molar-refractivity contribution in [2.75, 3.05) is 18.0 Å². The molecule has 0 radical (unpaired) electrons. The number of carbonyl (C=O) groups is 1. The average Bonchev–Trinajstić information content (AvgIpc) is 2.79. The van der Waals surface area contributed by atoms with Gasteiger partial charge in [0.15, 0.2) is 0 Å². The first-order valence-electron chi connectivity index (χ1n) is 10.5. The van der Waals surface area contributed by atoms with Crippen molar-refractivity contribution in [3.05, 3.63) is 95.1 Å². The summed E-state index contributed by atoms with van der Waals surface area (Å²) in [5.74, 6) is -0.0578. The molecule has 0 bridgehead atoms. The first kappa shape index (κ1) is 21.3. The first-order chi connectivity index (χ1) is 14.9. The number of anilines is 1. The van der Waals surface area contributed by atoms with Crippen LogP contribution in [0.1, 0.15) is 33.5 Å². The molecule has 0 saturated heterocycles. The van der Waals surface area contributed by atoms with Crippen LogP contribution in [0.25, 0.3) is 0 Å². The van der Waals surface area contributed by atoms with Gasteiger partial charge in [0.2, 0.25) is 10.0 Å². The quantitative estimate of drug-likeness (QED) is 0.635. The molecule has 0 unspecified atom stereocenters. The van der Waals surface area contributed by atoms with E-state index in [0.717, 1.165) is 35.2 Å². The van der Waals surface area contributed by atoms with Crippen LogP contribution in [0.15, 0.2) is 77.7 Å². The van der Waals surface area contributed by atoms with Crippen molar-refractivity contribution in [2.45, 2.75) is 31.1 Å². The molecule has 0 aromatic heterocycles. The highest BCUT2D eigenvalue weighted by Gasteiger charge is 2.25. The minimum atomic E-state index is -3.61. The van der Waals surface area contributed by atoms with E-state index >= 15 is 0 Å². The number of nitrogens with one attached hydrogen (secondary N) is 1. The number of rotatable bonds is 6. The van der Waals surface area contributed by atoms with E-state index in [9.17, 15) is 13.2 Å². The van der Waals surface area contributed by atoms with Crippen LogP contribution in [0.2, 0.25) is 0 Å². The highest BCUT2D eigenvalue weighted by atomic mass is 32.2. The number of sulfonamides is 1. The van der Waals surface area contributed by atoms with Crippen LogP contribution >= 0.6 is 0 Å². The molecule has 5 nitrogen and oxygen atoms in total. The minimum Gasteiger partial charge on any atom is -0.308 e. The molecule has 0 saturated carbocycles. The Morgan fingerprint density at radius 1 is 1.00 bits per heavy atom. The Morgan fingerprint density at radius 3 is 2.48 bits per heavy atom. The molecule has 1 amide bonds. The molecule has 0 fully saturated rings. The topological polar surface area (TPSA) is 66.5 Å². The Morgan fingerprint density at radius 2 is 1.74 bits per heavy atom. The standard InChI is InChI=1S/C25H26N2O3S/c1-19-9-11-21(12-10-19)25(28)27-17-5-8-22-18-23(13-14-24(22)27)31(29,30)26-16-15-20-6-3-2-4-7-20/h2-4,6-7,9-14,18,26H,5,8,15-17H2,1H3. The van der Waals surface area contributed by atoms with Crippen LogP contribution in [0, 0.1) is 6.92 Å².